The molecule has 0 aliphatic heterocycles. The number of aliphatic hydroxyl groups is 2. The van der Waals surface area contributed by atoms with Crippen molar-refractivity contribution in [3.05, 3.63) is 0 Å². The molecular formula is C54H101NO7S. The second-order valence-electron chi connectivity index (χ2n) is 19.1. The van der Waals surface area contributed by atoms with E-state index in [0.717, 1.165) is 57.8 Å². The van der Waals surface area contributed by atoms with Gasteiger partial charge in [-0.05, 0) is 19.3 Å². The predicted molar refractivity (Wildman–Crippen MR) is 268 cm³/mol. The molecule has 0 saturated carbocycles. The molecule has 0 aliphatic rings. The summed E-state index contributed by atoms with van der Waals surface area (Å²) < 4.78 is 0. The quantitative estimate of drug-likeness (QED) is 0.0206. The summed E-state index contributed by atoms with van der Waals surface area (Å²) >= 11 is 4.12. The molecule has 0 aliphatic carbocycles. The van der Waals surface area contributed by atoms with Crippen molar-refractivity contribution in [3.63, 3.8) is 0 Å². The molecule has 3 N–H and O–H groups in total. The first-order valence-corrected chi connectivity index (χ1v) is 27.7. The molecular weight excluding hydrogens is 807 g/mol. The minimum atomic E-state index is -3.37. The number of rotatable bonds is 50. The molecule has 0 rings (SSSR count). The van der Waals surface area contributed by atoms with Crippen molar-refractivity contribution >= 4 is 42.2 Å². The molecule has 0 aromatic rings. The highest BCUT2D eigenvalue weighted by Gasteiger charge is 2.66. The maximum absolute atomic E-state index is 14.2. The van der Waals surface area contributed by atoms with Crippen LogP contribution in [0.4, 0.5) is 0 Å². The van der Waals surface area contributed by atoms with Crippen LogP contribution in [0.25, 0.3) is 0 Å². The van der Waals surface area contributed by atoms with E-state index in [0.29, 0.717) is 44.8 Å². The number of unbranched alkanes of at least 4 members (excludes halogenated alkanes) is 36. The standard InChI is InChI=1S/C54H101NO7S/c1-4-7-10-13-16-19-22-25-28-31-34-37-40-43-49(57)53(61,50(58)44-41-38-35-32-29-26-23-20-17-14-11-8-5-2)54(62,52(60)55-48(46-56)47-63)51(59)45-42-39-36-33-30-27-24-21-18-15-12-9-6-3/h46,48,61-63H,4-45,47H2,1-3H3,(H,55,60)/t48?,54-/m0/s1. The van der Waals surface area contributed by atoms with E-state index in [-0.39, 0.29) is 25.0 Å². The van der Waals surface area contributed by atoms with Gasteiger partial charge in [0.1, 0.15) is 6.29 Å². The van der Waals surface area contributed by atoms with E-state index >= 15 is 0 Å². The van der Waals surface area contributed by atoms with Crippen LogP contribution in [-0.4, -0.2) is 62.8 Å². The summed E-state index contributed by atoms with van der Waals surface area (Å²) in [7, 11) is 0. The van der Waals surface area contributed by atoms with E-state index in [1.54, 1.807) is 0 Å². The molecule has 0 heterocycles. The van der Waals surface area contributed by atoms with E-state index in [4.69, 9.17) is 0 Å². The zero-order valence-electron chi connectivity index (χ0n) is 41.4. The van der Waals surface area contributed by atoms with E-state index in [1.807, 2.05) is 0 Å². The van der Waals surface area contributed by atoms with Crippen LogP contribution in [0.2, 0.25) is 0 Å². The lowest BCUT2D eigenvalue weighted by Gasteiger charge is -2.39. The number of carbonyl (C=O) groups excluding carboxylic acids is 5. The molecule has 0 aromatic heterocycles. The number of amides is 1. The van der Waals surface area contributed by atoms with Gasteiger partial charge >= 0.3 is 0 Å². The third-order valence-electron chi connectivity index (χ3n) is 13.3. The van der Waals surface area contributed by atoms with Crippen LogP contribution in [0.5, 0.6) is 0 Å². The normalized spacial score (nSPS) is 13.2. The van der Waals surface area contributed by atoms with Crippen LogP contribution >= 0.6 is 12.6 Å². The van der Waals surface area contributed by atoms with Crippen molar-refractivity contribution in [1.29, 1.82) is 0 Å². The van der Waals surface area contributed by atoms with Gasteiger partial charge in [-0.2, -0.15) is 12.6 Å². The van der Waals surface area contributed by atoms with Gasteiger partial charge in [0.05, 0.1) is 6.04 Å². The lowest BCUT2D eigenvalue weighted by atomic mass is 9.70. The molecule has 0 saturated heterocycles. The van der Waals surface area contributed by atoms with Gasteiger partial charge in [-0.1, -0.05) is 252 Å². The number of Topliss-reactive ketones (excluding diaryl/α,β-unsaturated/α-hetero) is 3. The fraction of sp³-hybridized carbons (Fsp3) is 0.907. The molecule has 0 radical (unpaired) electrons. The van der Waals surface area contributed by atoms with Crippen LogP contribution < -0.4 is 5.32 Å². The highest BCUT2D eigenvalue weighted by atomic mass is 32.1. The molecule has 0 bridgehead atoms. The smallest absolute Gasteiger partial charge is 0.264 e. The van der Waals surface area contributed by atoms with Gasteiger partial charge in [0.2, 0.25) is 11.2 Å². The Hall–Kier alpha value is -1.58. The Balaban J connectivity index is 5.61. The van der Waals surface area contributed by atoms with Gasteiger partial charge in [-0.3, -0.25) is 19.2 Å². The van der Waals surface area contributed by atoms with Gasteiger partial charge in [0, 0.05) is 25.0 Å². The Labute approximate surface area is 393 Å². The van der Waals surface area contributed by atoms with Crippen LogP contribution in [0.3, 0.4) is 0 Å². The highest BCUT2D eigenvalue weighted by molar-refractivity contribution is 7.80. The summed E-state index contributed by atoms with van der Waals surface area (Å²) in [4.78, 5) is 68.2. The van der Waals surface area contributed by atoms with Gasteiger partial charge in [-0.15, -0.1) is 0 Å². The first kappa shape index (κ1) is 61.4. The second-order valence-corrected chi connectivity index (χ2v) is 19.4. The number of carbonyl (C=O) groups is 5. The molecule has 2 atom stereocenters. The molecule has 9 heteroatoms. The fourth-order valence-electron chi connectivity index (χ4n) is 8.90. The van der Waals surface area contributed by atoms with Crippen LogP contribution in [-0.2, 0) is 24.0 Å². The van der Waals surface area contributed by atoms with Crippen LogP contribution in [0.15, 0.2) is 0 Å². The highest BCUT2D eigenvalue weighted by Crippen LogP contribution is 2.33. The number of hydrogen-bond acceptors (Lipinski definition) is 8. The Kier molecular flexibility index (Phi) is 41.9. The van der Waals surface area contributed by atoms with Gasteiger partial charge < -0.3 is 20.3 Å². The van der Waals surface area contributed by atoms with Crippen molar-refractivity contribution in [2.75, 3.05) is 5.75 Å². The topological polar surface area (TPSA) is 138 Å². The van der Waals surface area contributed by atoms with E-state index in [1.165, 1.54) is 154 Å². The summed E-state index contributed by atoms with van der Waals surface area (Å²) in [5.41, 5.74) is -6.63. The minimum Gasteiger partial charge on any atom is -0.372 e. The van der Waals surface area contributed by atoms with Crippen molar-refractivity contribution in [1.82, 2.24) is 5.32 Å². The van der Waals surface area contributed by atoms with Crippen molar-refractivity contribution in [2.24, 2.45) is 0 Å². The summed E-state index contributed by atoms with van der Waals surface area (Å²) in [6.07, 6.45) is 42.3. The first-order chi connectivity index (χ1) is 30.6. The van der Waals surface area contributed by atoms with Crippen LogP contribution in [0, 0.1) is 0 Å². The minimum absolute atomic E-state index is 0.128. The number of ketones is 3. The van der Waals surface area contributed by atoms with Gasteiger partial charge in [-0.25, -0.2) is 0 Å². The third kappa shape index (κ3) is 28.9. The average Bonchev–Trinajstić information content (AvgIpc) is 3.29. The Morgan fingerprint density at radius 2 is 0.603 bits per heavy atom. The molecule has 0 spiro atoms. The van der Waals surface area contributed by atoms with Crippen molar-refractivity contribution in [2.45, 2.75) is 308 Å². The Morgan fingerprint density at radius 3 is 0.810 bits per heavy atom. The van der Waals surface area contributed by atoms with E-state index < -0.39 is 40.5 Å². The summed E-state index contributed by atoms with van der Waals surface area (Å²) in [5, 5.41) is 26.9. The molecule has 0 aromatic carbocycles. The van der Waals surface area contributed by atoms with Crippen molar-refractivity contribution < 1.29 is 34.2 Å². The largest absolute Gasteiger partial charge is 0.372 e. The second kappa shape index (κ2) is 43.0. The molecule has 370 valence electrons. The number of hydrogen-bond donors (Lipinski definition) is 4. The summed E-state index contributed by atoms with van der Waals surface area (Å²) in [5.74, 6) is -4.60. The number of nitrogens with one attached hydrogen (secondary N) is 1. The zero-order valence-corrected chi connectivity index (χ0v) is 42.3. The van der Waals surface area contributed by atoms with Gasteiger partial charge in [0.15, 0.2) is 17.3 Å². The monoisotopic (exact) mass is 908 g/mol. The lowest BCUT2D eigenvalue weighted by Crippen LogP contribution is -2.74. The first-order valence-electron chi connectivity index (χ1n) is 27.0. The van der Waals surface area contributed by atoms with E-state index in [2.05, 4.69) is 38.7 Å². The number of thiol groups is 1. The Morgan fingerprint density at radius 1 is 0.397 bits per heavy atom. The molecule has 8 nitrogen and oxygen atoms in total. The predicted octanol–water partition coefficient (Wildman–Crippen LogP) is 14.2. The molecule has 63 heavy (non-hydrogen) atoms. The molecule has 1 unspecified atom stereocenters. The maximum atomic E-state index is 14.2. The fourth-order valence-corrected chi connectivity index (χ4v) is 9.08. The van der Waals surface area contributed by atoms with Crippen LogP contribution in [0.1, 0.15) is 290 Å². The summed E-state index contributed by atoms with van der Waals surface area (Å²) in [6, 6.07) is -1.19. The average molecular weight is 908 g/mol. The van der Waals surface area contributed by atoms with E-state index in [9.17, 15) is 34.2 Å². The zero-order chi connectivity index (χ0) is 46.7. The molecule has 1 amide bonds. The summed E-state index contributed by atoms with van der Waals surface area (Å²) in [6.45, 7) is 6.69. The molecule has 0 fully saturated rings. The number of aldehydes is 1. The Bertz CT molecular complexity index is 1090. The maximum Gasteiger partial charge on any atom is 0.264 e. The lowest BCUT2D eigenvalue weighted by molar-refractivity contribution is -0.192. The third-order valence-corrected chi connectivity index (χ3v) is 13.7. The van der Waals surface area contributed by atoms with Gasteiger partial charge in [0.25, 0.3) is 5.91 Å². The SMILES string of the molecule is CCCCCCCCCCCCCCCC(=O)C(O)(C(=O)CCCCCCCCCCCCCCC)[C@](O)(C(=O)CCCCCCCCCCCCCCC)C(=O)NC(C=O)CS. The van der Waals surface area contributed by atoms with Crippen molar-refractivity contribution in [3.8, 4) is 0 Å².